The lowest BCUT2D eigenvalue weighted by atomic mass is 9.69. The first-order chi connectivity index (χ1) is 14.8. The SMILES string of the molecule is CC(C)C1(c2noc(C3CCC(F)(F)CC3)n2)CCN(C(=O)[C@H]2N[C@@H]3CC[C@H]2C3)CC1. The molecule has 8 heteroatoms. The van der Waals surface area contributed by atoms with Crippen molar-refractivity contribution in [2.45, 2.75) is 101 Å². The lowest BCUT2D eigenvalue weighted by molar-refractivity contribution is -0.136. The van der Waals surface area contributed by atoms with Gasteiger partial charge in [0.2, 0.25) is 17.7 Å². The third-order valence-electron chi connectivity index (χ3n) is 8.65. The molecule has 0 aromatic carbocycles. The summed E-state index contributed by atoms with van der Waals surface area (Å²) in [5.74, 6) is -0.387. The molecule has 1 aromatic rings. The summed E-state index contributed by atoms with van der Waals surface area (Å²) in [6, 6.07) is 0.516. The average Bonchev–Trinajstić information content (AvgIpc) is 3.50. The van der Waals surface area contributed by atoms with Gasteiger partial charge in [-0.3, -0.25) is 4.79 Å². The summed E-state index contributed by atoms with van der Waals surface area (Å²) < 4.78 is 32.6. The second-order valence-electron chi connectivity index (χ2n) is 10.6. The van der Waals surface area contributed by atoms with E-state index in [0.717, 1.165) is 25.7 Å². The number of hydrogen-bond acceptors (Lipinski definition) is 5. The topological polar surface area (TPSA) is 71.3 Å². The summed E-state index contributed by atoms with van der Waals surface area (Å²) in [6.07, 6.45) is 5.67. The molecule has 0 radical (unpaired) electrons. The van der Waals surface area contributed by atoms with Crippen molar-refractivity contribution in [3.05, 3.63) is 11.7 Å². The number of likely N-dealkylation sites (tertiary alicyclic amines) is 1. The van der Waals surface area contributed by atoms with E-state index in [-0.39, 0.29) is 36.1 Å². The van der Waals surface area contributed by atoms with Crippen molar-refractivity contribution >= 4 is 5.91 Å². The Balaban J connectivity index is 1.26. The molecule has 31 heavy (non-hydrogen) atoms. The summed E-state index contributed by atoms with van der Waals surface area (Å²) in [6.45, 7) is 5.75. The molecule has 0 unspecified atom stereocenters. The quantitative estimate of drug-likeness (QED) is 0.772. The van der Waals surface area contributed by atoms with Crippen LogP contribution in [0.25, 0.3) is 0 Å². The molecule has 4 aliphatic rings. The number of nitrogens with zero attached hydrogens (tertiary/aromatic N) is 3. The summed E-state index contributed by atoms with van der Waals surface area (Å²) in [7, 11) is 0. The molecule has 4 fully saturated rings. The molecule has 2 aliphatic heterocycles. The molecule has 1 N–H and O–H groups in total. The van der Waals surface area contributed by atoms with E-state index in [9.17, 15) is 13.6 Å². The predicted molar refractivity (Wildman–Crippen MR) is 111 cm³/mol. The van der Waals surface area contributed by atoms with Crippen LogP contribution in [0.1, 0.15) is 89.3 Å². The molecule has 3 atom stereocenters. The number of alkyl halides is 2. The largest absolute Gasteiger partial charge is 0.341 e. The molecule has 0 spiro atoms. The van der Waals surface area contributed by atoms with Crippen molar-refractivity contribution in [2.75, 3.05) is 13.1 Å². The van der Waals surface area contributed by atoms with Crippen LogP contribution >= 0.6 is 0 Å². The minimum atomic E-state index is -2.56. The van der Waals surface area contributed by atoms with Crippen LogP contribution in [0, 0.1) is 11.8 Å². The average molecular weight is 437 g/mol. The van der Waals surface area contributed by atoms with Gasteiger partial charge in [-0.05, 0) is 56.8 Å². The van der Waals surface area contributed by atoms with Crippen LogP contribution in [-0.4, -0.2) is 52.0 Å². The highest BCUT2D eigenvalue weighted by Gasteiger charge is 2.48. The van der Waals surface area contributed by atoms with Crippen molar-refractivity contribution in [3.8, 4) is 0 Å². The maximum Gasteiger partial charge on any atom is 0.248 e. The number of hydrogen-bond donors (Lipinski definition) is 1. The van der Waals surface area contributed by atoms with Crippen LogP contribution in [0.3, 0.4) is 0 Å². The molecule has 1 aromatic heterocycles. The van der Waals surface area contributed by atoms with E-state index in [0.29, 0.717) is 55.5 Å². The molecule has 5 rings (SSSR count). The highest BCUT2D eigenvalue weighted by atomic mass is 19.3. The molecule has 2 saturated carbocycles. The summed E-state index contributed by atoms with van der Waals surface area (Å²) >= 11 is 0. The summed E-state index contributed by atoms with van der Waals surface area (Å²) in [5.41, 5.74) is -0.237. The molecule has 6 nitrogen and oxygen atoms in total. The fourth-order valence-corrected chi connectivity index (χ4v) is 6.41. The standard InChI is InChI=1S/C23H34F2N4O2/c1-14(2)22(21-27-19(31-28-21)15-5-7-23(24,25)8-6-15)9-11-29(12-10-22)20(30)18-16-3-4-17(13-16)26-18/h14-18,26H,3-13H2,1-2H3/t16-,17+,18-/m0/s1. The van der Waals surface area contributed by atoms with Gasteiger partial charge in [-0.15, -0.1) is 0 Å². The van der Waals surface area contributed by atoms with E-state index in [1.54, 1.807) is 0 Å². The number of fused-ring (bicyclic) bond motifs is 2. The zero-order valence-corrected chi connectivity index (χ0v) is 18.6. The van der Waals surface area contributed by atoms with Crippen molar-refractivity contribution in [3.63, 3.8) is 0 Å². The molecule has 2 bridgehead atoms. The highest BCUT2D eigenvalue weighted by molar-refractivity contribution is 5.83. The predicted octanol–water partition coefficient (Wildman–Crippen LogP) is 4.02. The Labute approximate surface area is 182 Å². The van der Waals surface area contributed by atoms with E-state index in [1.807, 2.05) is 4.90 Å². The van der Waals surface area contributed by atoms with Crippen molar-refractivity contribution in [2.24, 2.45) is 11.8 Å². The number of amides is 1. The molecular formula is C23H34F2N4O2. The Morgan fingerprint density at radius 1 is 1.13 bits per heavy atom. The van der Waals surface area contributed by atoms with Crippen LogP contribution in [0.5, 0.6) is 0 Å². The van der Waals surface area contributed by atoms with Crippen molar-refractivity contribution in [1.29, 1.82) is 0 Å². The fourth-order valence-electron chi connectivity index (χ4n) is 6.41. The highest BCUT2D eigenvalue weighted by Crippen LogP contribution is 2.44. The van der Waals surface area contributed by atoms with Crippen LogP contribution in [0.2, 0.25) is 0 Å². The molecular weight excluding hydrogens is 402 g/mol. The van der Waals surface area contributed by atoms with Crippen molar-refractivity contribution < 1.29 is 18.1 Å². The summed E-state index contributed by atoms with van der Waals surface area (Å²) in [5, 5.41) is 7.86. The zero-order chi connectivity index (χ0) is 21.8. The minimum absolute atomic E-state index is 0.00786. The van der Waals surface area contributed by atoms with Gasteiger partial charge in [0, 0.05) is 43.3 Å². The molecule has 2 saturated heterocycles. The lowest BCUT2D eigenvalue weighted by Gasteiger charge is -2.43. The Morgan fingerprint density at radius 3 is 2.42 bits per heavy atom. The third kappa shape index (κ3) is 3.79. The van der Waals surface area contributed by atoms with Gasteiger partial charge >= 0.3 is 0 Å². The second-order valence-corrected chi connectivity index (χ2v) is 10.6. The first-order valence-electron chi connectivity index (χ1n) is 12.0. The van der Waals surface area contributed by atoms with Gasteiger partial charge in [-0.25, -0.2) is 8.78 Å². The molecule has 1 amide bonds. The molecule has 3 heterocycles. The number of nitrogens with one attached hydrogen (secondary N) is 1. The van der Waals surface area contributed by atoms with E-state index in [1.165, 1.54) is 6.42 Å². The maximum atomic E-state index is 13.5. The number of rotatable bonds is 4. The Hall–Kier alpha value is -1.57. The van der Waals surface area contributed by atoms with E-state index in [2.05, 4.69) is 24.3 Å². The van der Waals surface area contributed by atoms with Gasteiger partial charge in [0.15, 0.2) is 5.82 Å². The van der Waals surface area contributed by atoms with Gasteiger partial charge < -0.3 is 14.7 Å². The normalized spacial score (nSPS) is 32.7. The minimum Gasteiger partial charge on any atom is -0.341 e. The lowest BCUT2D eigenvalue weighted by Crippen LogP contribution is -2.54. The fraction of sp³-hybridized carbons (Fsp3) is 0.870. The van der Waals surface area contributed by atoms with Crippen LogP contribution < -0.4 is 5.32 Å². The zero-order valence-electron chi connectivity index (χ0n) is 18.6. The molecule has 2 aliphatic carbocycles. The Bertz CT molecular complexity index is 808. The van der Waals surface area contributed by atoms with E-state index < -0.39 is 5.92 Å². The number of piperidine rings is 2. The van der Waals surface area contributed by atoms with Crippen LogP contribution in [-0.2, 0) is 10.2 Å². The van der Waals surface area contributed by atoms with Gasteiger partial charge in [0.1, 0.15) is 0 Å². The van der Waals surface area contributed by atoms with Gasteiger partial charge in [0.25, 0.3) is 0 Å². The monoisotopic (exact) mass is 436 g/mol. The maximum absolute atomic E-state index is 13.5. The van der Waals surface area contributed by atoms with Crippen molar-refractivity contribution in [1.82, 2.24) is 20.4 Å². The molecule has 172 valence electrons. The van der Waals surface area contributed by atoms with Gasteiger partial charge in [0.05, 0.1) is 6.04 Å². The van der Waals surface area contributed by atoms with Gasteiger partial charge in [-0.2, -0.15) is 4.98 Å². The second kappa shape index (κ2) is 7.78. The Morgan fingerprint density at radius 2 is 1.84 bits per heavy atom. The van der Waals surface area contributed by atoms with E-state index >= 15 is 0 Å². The first-order valence-corrected chi connectivity index (χ1v) is 12.0. The summed E-state index contributed by atoms with van der Waals surface area (Å²) in [4.78, 5) is 19.9. The van der Waals surface area contributed by atoms with Crippen LogP contribution in [0.15, 0.2) is 4.52 Å². The number of halogens is 2. The number of carbonyl (C=O) groups is 1. The van der Waals surface area contributed by atoms with Gasteiger partial charge in [-0.1, -0.05) is 19.0 Å². The number of aromatic nitrogens is 2. The van der Waals surface area contributed by atoms with Crippen LogP contribution in [0.4, 0.5) is 8.78 Å². The number of carbonyl (C=O) groups excluding carboxylic acids is 1. The Kier molecular flexibility index (Phi) is 5.34. The third-order valence-corrected chi connectivity index (χ3v) is 8.65. The first kappa shape index (κ1) is 21.3. The smallest absolute Gasteiger partial charge is 0.248 e. The van der Waals surface area contributed by atoms with E-state index in [4.69, 9.17) is 9.51 Å².